The van der Waals surface area contributed by atoms with Gasteiger partial charge < -0.3 is 15.4 Å². The molecule has 0 bridgehead atoms. The van der Waals surface area contributed by atoms with Crippen molar-refractivity contribution in [3.63, 3.8) is 0 Å². The van der Waals surface area contributed by atoms with E-state index in [9.17, 15) is 9.59 Å². The van der Waals surface area contributed by atoms with Crippen molar-refractivity contribution in [2.75, 3.05) is 10.6 Å². The summed E-state index contributed by atoms with van der Waals surface area (Å²) in [5.74, 6) is -0.764. The quantitative estimate of drug-likeness (QED) is 0.596. The van der Waals surface area contributed by atoms with Gasteiger partial charge in [-0.05, 0) is 51.5 Å². The monoisotopic (exact) mass is 438 g/mol. The van der Waals surface area contributed by atoms with Crippen molar-refractivity contribution in [2.45, 2.75) is 39.8 Å². The molecular weight excluding hydrogens is 416 g/mol. The normalized spacial score (nSPS) is 17.5. The van der Waals surface area contributed by atoms with Gasteiger partial charge in [0.15, 0.2) is 0 Å². The fourth-order valence-electron chi connectivity index (χ4n) is 3.59. The van der Waals surface area contributed by atoms with Crippen LogP contribution in [-0.4, -0.2) is 27.2 Å². The van der Waals surface area contributed by atoms with E-state index in [4.69, 9.17) is 16.3 Å². The Morgan fingerprint density at radius 3 is 2.74 bits per heavy atom. The molecule has 0 saturated carbocycles. The summed E-state index contributed by atoms with van der Waals surface area (Å²) in [5, 5.41) is 10.6. The zero-order valence-electron chi connectivity index (χ0n) is 17.7. The van der Waals surface area contributed by atoms with Crippen molar-refractivity contribution in [3.8, 4) is 5.75 Å². The van der Waals surface area contributed by atoms with Crippen molar-refractivity contribution < 1.29 is 14.3 Å². The Balaban J connectivity index is 1.58. The van der Waals surface area contributed by atoms with Crippen molar-refractivity contribution in [1.29, 1.82) is 0 Å². The fourth-order valence-corrected chi connectivity index (χ4v) is 3.77. The van der Waals surface area contributed by atoms with Gasteiger partial charge in [0.25, 0.3) is 17.4 Å². The molecule has 160 valence electrons. The van der Waals surface area contributed by atoms with Crippen LogP contribution in [-0.2, 0) is 16.1 Å². The number of hydrogen-bond acceptors (Lipinski definition) is 4. The molecule has 0 spiro atoms. The third-order valence-electron chi connectivity index (χ3n) is 5.41. The molecule has 0 saturated heterocycles. The van der Waals surface area contributed by atoms with E-state index in [2.05, 4.69) is 21.8 Å². The van der Waals surface area contributed by atoms with Crippen molar-refractivity contribution in [2.24, 2.45) is 0 Å². The van der Waals surface area contributed by atoms with Crippen LogP contribution in [0, 0.1) is 20.8 Å². The second kappa shape index (κ2) is 7.74. The largest absolute Gasteiger partial charge is 0.466 e. The van der Waals surface area contributed by atoms with Gasteiger partial charge in [0, 0.05) is 5.02 Å². The zero-order valence-corrected chi connectivity index (χ0v) is 18.5. The second-order valence-corrected chi connectivity index (χ2v) is 8.31. The van der Waals surface area contributed by atoms with Gasteiger partial charge in [-0.1, -0.05) is 41.4 Å². The average Bonchev–Trinajstić information content (AvgIpc) is 2.96. The summed E-state index contributed by atoms with van der Waals surface area (Å²) in [6, 6.07) is 13.0. The van der Waals surface area contributed by atoms with E-state index in [-0.39, 0.29) is 0 Å². The predicted molar refractivity (Wildman–Crippen MR) is 120 cm³/mol. The van der Waals surface area contributed by atoms with Crippen LogP contribution in [0.15, 0.2) is 42.5 Å². The first-order chi connectivity index (χ1) is 14.7. The molecular formula is C23H23ClN4O3. The summed E-state index contributed by atoms with van der Waals surface area (Å²) in [7, 11) is 0. The third kappa shape index (κ3) is 3.88. The van der Waals surface area contributed by atoms with Crippen LogP contribution in [0.25, 0.3) is 0 Å². The highest BCUT2D eigenvalue weighted by Gasteiger charge is 2.47. The lowest BCUT2D eigenvalue weighted by molar-refractivity contribution is -0.143. The van der Waals surface area contributed by atoms with E-state index in [1.165, 1.54) is 12.5 Å². The maximum Gasteiger partial charge on any atom is 0.278 e. The number of amides is 2. The molecule has 1 unspecified atom stereocenters. The number of aryl methyl sites for hydroxylation is 2. The third-order valence-corrected chi connectivity index (χ3v) is 5.64. The standard InChI is InChI=1S/C23H23ClN4O3/c1-13-6-5-7-16(10-13)12-28-15(3)20(14(2)27-28)26-22(30)23(4)21(29)25-18-11-17(24)8-9-19(18)31-23/h5-11H,12H2,1-4H3,(H,25,29)(H,26,30). The number of fused-ring (bicyclic) bond motifs is 1. The Morgan fingerprint density at radius 2 is 2.00 bits per heavy atom. The van der Waals surface area contributed by atoms with E-state index < -0.39 is 17.4 Å². The van der Waals surface area contributed by atoms with Crippen LogP contribution in [0.5, 0.6) is 5.75 Å². The fraction of sp³-hybridized carbons (Fsp3) is 0.261. The molecule has 31 heavy (non-hydrogen) atoms. The Kier molecular flexibility index (Phi) is 5.23. The molecule has 0 radical (unpaired) electrons. The van der Waals surface area contributed by atoms with Gasteiger partial charge in [-0.2, -0.15) is 5.10 Å². The highest BCUT2D eigenvalue weighted by molar-refractivity contribution is 6.31. The Morgan fingerprint density at radius 1 is 1.23 bits per heavy atom. The first-order valence-corrected chi connectivity index (χ1v) is 10.3. The number of ether oxygens (including phenoxy) is 1. The SMILES string of the molecule is Cc1cccc(Cn2nc(C)c(NC(=O)C3(C)Oc4ccc(Cl)cc4NC3=O)c2C)c1. The molecule has 2 N–H and O–H groups in total. The molecule has 8 heteroatoms. The topological polar surface area (TPSA) is 85.2 Å². The van der Waals surface area contributed by atoms with Crippen LogP contribution < -0.4 is 15.4 Å². The van der Waals surface area contributed by atoms with E-state index >= 15 is 0 Å². The first-order valence-electron chi connectivity index (χ1n) is 9.88. The average molecular weight is 439 g/mol. The second-order valence-electron chi connectivity index (χ2n) is 7.88. The lowest BCUT2D eigenvalue weighted by atomic mass is 10.0. The number of carbonyl (C=O) groups is 2. The molecule has 0 fully saturated rings. The lowest BCUT2D eigenvalue weighted by Crippen LogP contribution is -2.56. The number of halogens is 1. The van der Waals surface area contributed by atoms with E-state index in [0.29, 0.717) is 34.4 Å². The van der Waals surface area contributed by atoms with E-state index in [1.807, 2.05) is 43.7 Å². The smallest absolute Gasteiger partial charge is 0.278 e. The summed E-state index contributed by atoms with van der Waals surface area (Å²) >= 11 is 5.97. The molecule has 2 amide bonds. The first kappa shape index (κ1) is 20.9. The molecule has 1 aliphatic rings. The van der Waals surface area contributed by atoms with Crippen molar-refractivity contribution >= 4 is 34.8 Å². The van der Waals surface area contributed by atoms with Gasteiger partial charge in [-0.25, -0.2) is 0 Å². The molecule has 1 aromatic heterocycles. The van der Waals surface area contributed by atoms with E-state index in [1.54, 1.807) is 18.2 Å². The summed E-state index contributed by atoms with van der Waals surface area (Å²) in [6.07, 6.45) is 0. The molecule has 1 atom stereocenters. The minimum atomic E-state index is -1.74. The van der Waals surface area contributed by atoms with Gasteiger partial charge in [0.1, 0.15) is 5.75 Å². The van der Waals surface area contributed by atoms with Gasteiger partial charge in [0.05, 0.1) is 29.3 Å². The molecule has 4 rings (SSSR count). The number of anilines is 2. The number of benzene rings is 2. The van der Waals surface area contributed by atoms with Crippen molar-refractivity contribution in [3.05, 3.63) is 70.0 Å². The van der Waals surface area contributed by atoms with Crippen molar-refractivity contribution in [1.82, 2.24) is 9.78 Å². The minimum absolute atomic E-state index is 0.380. The zero-order chi connectivity index (χ0) is 22.3. The molecule has 1 aliphatic heterocycles. The predicted octanol–water partition coefficient (Wildman–Crippen LogP) is 4.24. The van der Waals surface area contributed by atoms with Gasteiger partial charge >= 0.3 is 0 Å². The molecule has 2 aromatic carbocycles. The number of carbonyl (C=O) groups excluding carboxylic acids is 2. The summed E-state index contributed by atoms with van der Waals surface area (Å²) in [5.41, 5.74) is 2.99. The Labute approximate surface area is 185 Å². The number of aromatic nitrogens is 2. The maximum absolute atomic E-state index is 13.1. The number of rotatable bonds is 4. The Bertz CT molecular complexity index is 1200. The molecule has 7 nitrogen and oxygen atoms in total. The van der Waals surface area contributed by atoms with Crippen LogP contribution >= 0.6 is 11.6 Å². The van der Waals surface area contributed by atoms with Crippen LogP contribution in [0.3, 0.4) is 0 Å². The minimum Gasteiger partial charge on any atom is -0.466 e. The summed E-state index contributed by atoms with van der Waals surface area (Å²) in [4.78, 5) is 25.8. The lowest BCUT2D eigenvalue weighted by Gasteiger charge is -2.33. The highest BCUT2D eigenvalue weighted by Crippen LogP contribution is 2.36. The summed E-state index contributed by atoms with van der Waals surface area (Å²) in [6.45, 7) is 7.76. The summed E-state index contributed by atoms with van der Waals surface area (Å²) < 4.78 is 7.64. The highest BCUT2D eigenvalue weighted by atomic mass is 35.5. The molecule has 0 aliphatic carbocycles. The number of hydrogen-bond donors (Lipinski definition) is 2. The van der Waals surface area contributed by atoms with E-state index in [0.717, 1.165) is 11.3 Å². The molecule has 2 heterocycles. The van der Waals surface area contributed by atoms with Gasteiger partial charge in [-0.3, -0.25) is 14.3 Å². The number of nitrogens with zero attached hydrogens (tertiary/aromatic N) is 2. The van der Waals surface area contributed by atoms with Crippen LogP contribution in [0.4, 0.5) is 11.4 Å². The molecule has 3 aromatic rings. The maximum atomic E-state index is 13.1. The van der Waals surface area contributed by atoms with Gasteiger partial charge in [0.2, 0.25) is 0 Å². The van der Waals surface area contributed by atoms with Crippen LogP contribution in [0.2, 0.25) is 5.02 Å². The van der Waals surface area contributed by atoms with Gasteiger partial charge in [-0.15, -0.1) is 0 Å². The Hall–Kier alpha value is -3.32. The van der Waals surface area contributed by atoms with Crippen LogP contribution in [0.1, 0.15) is 29.4 Å². The number of nitrogens with one attached hydrogen (secondary N) is 2.